The van der Waals surface area contributed by atoms with Crippen LogP contribution in [-0.4, -0.2) is 4.98 Å². The zero-order chi connectivity index (χ0) is 36.7. The first-order valence-electron chi connectivity index (χ1n) is 17.9. The summed E-state index contributed by atoms with van der Waals surface area (Å²) in [6, 6.07) is 56.5. The lowest BCUT2D eigenvalue weighted by molar-refractivity contribution is 0.521. The molecule has 0 spiro atoms. The van der Waals surface area contributed by atoms with E-state index in [1.165, 1.54) is 22.3 Å². The molecule has 0 fully saturated rings. The number of fused-ring (bicyclic) bond motifs is 2. The molecule has 6 aromatic carbocycles. The maximum atomic E-state index is 10.8. The van der Waals surface area contributed by atoms with Crippen molar-refractivity contribution in [3.63, 3.8) is 0 Å². The molecule has 4 nitrogen and oxygen atoms in total. The van der Waals surface area contributed by atoms with Crippen LogP contribution in [-0.2, 0) is 10.8 Å². The Balaban J connectivity index is 1.33. The predicted octanol–water partition coefficient (Wildman–Crippen LogP) is 12.9. The van der Waals surface area contributed by atoms with Gasteiger partial charge in [-0.15, -0.1) is 0 Å². The van der Waals surface area contributed by atoms with E-state index in [0.717, 1.165) is 33.8 Å². The zero-order valence-electron chi connectivity index (χ0n) is 30.3. The van der Waals surface area contributed by atoms with Crippen molar-refractivity contribution in [2.75, 3.05) is 4.90 Å². The van der Waals surface area contributed by atoms with E-state index < -0.39 is 0 Å². The summed E-state index contributed by atoms with van der Waals surface area (Å²) in [4.78, 5) is 11.4. The molecule has 0 saturated heterocycles. The Hall–Kier alpha value is -6.75. The third kappa shape index (κ3) is 5.57. The SMILES string of the molecule is [C-]#[N+]c1c(-c2ccccc2)nc(-c2ccccc2)c(C#N)c1-c1ccc2c(c1)C(C)(C)c1ccc(N(c3ccccc3)c3ccccc3)cc1C2(C)C. The van der Waals surface area contributed by atoms with E-state index in [1.807, 2.05) is 72.8 Å². The fraction of sp³-hybridized carbons (Fsp3) is 0.122. The first-order valence-corrected chi connectivity index (χ1v) is 17.9. The van der Waals surface area contributed by atoms with Crippen molar-refractivity contribution in [2.24, 2.45) is 0 Å². The summed E-state index contributed by atoms with van der Waals surface area (Å²) in [6.45, 7) is 17.6. The topological polar surface area (TPSA) is 44.3 Å². The second-order valence-electron chi connectivity index (χ2n) is 14.6. The van der Waals surface area contributed by atoms with Crippen molar-refractivity contribution in [3.8, 4) is 39.7 Å². The molecular formula is C49H38N4. The van der Waals surface area contributed by atoms with Gasteiger partial charge >= 0.3 is 0 Å². The van der Waals surface area contributed by atoms with Crippen molar-refractivity contribution >= 4 is 22.7 Å². The summed E-state index contributed by atoms with van der Waals surface area (Å²) in [5, 5.41) is 10.8. The van der Waals surface area contributed by atoms with Crippen LogP contribution < -0.4 is 4.90 Å². The molecule has 0 saturated carbocycles. The lowest BCUT2D eigenvalue weighted by Gasteiger charge is -2.44. The normalized spacial score (nSPS) is 13.5. The van der Waals surface area contributed by atoms with Gasteiger partial charge in [-0.3, -0.25) is 4.98 Å². The highest BCUT2D eigenvalue weighted by atomic mass is 15.1. The van der Waals surface area contributed by atoms with Crippen molar-refractivity contribution < 1.29 is 0 Å². The Morgan fingerprint density at radius 1 is 0.528 bits per heavy atom. The summed E-state index contributed by atoms with van der Waals surface area (Å²) >= 11 is 0. The molecule has 0 bridgehead atoms. The van der Waals surface area contributed by atoms with Crippen LogP contribution in [0, 0.1) is 17.9 Å². The third-order valence-electron chi connectivity index (χ3n) is 10.8. The van der Waals surface area contributed by atoms with Crippen molar-refractivity contribution in [2.45, 2.75) is 38.5 Å². The first-order chi connectivity index (χ1) is 25.7. The number of hydrogen-bond acceptors (Lipinski definition) is 3. The number of rotatable bonds is 6. The van der Waals surface area contributed by atoms with Gasteiger partial charge in [0.1, 0.15) is 6.07 Å². The average molecular weight is 683 g/mol. The molecule has 0 radical (unpaired) electrons. The van der Waals surface area contributed by atoms with Gasteiger partial charge in [0.25, 0.3) is 0 Å². The van der Waals surface area contributed by atoms with Gasteiger partial charge in [-0.25, -0.2) is 4.85 Å². The standard InChI is InChI=1S/C49H38N4/c1-48(2)41-29-27-38(53(36-22-14-8-15-23-36)37-24-16-9-17-25-37)31-43(41)49(3,4)40-28-26-35(30-42(40)48)44-39(32-50)45(33-18-10-6-11-19-33)52-46(47(44)51-5)34-20-12-7-13-21-34/h6-31H,1-4H3. The third-order valence-corrected chi connectivity index (χ3v) is 10.8. The molecule has 1 aliphatic rings. The fourth-order valence-corrected chi connectivity index (χ4v) is 8.06. The van der Waals surface area contributed by atoms with Crippen LogP contribution in [0.15, 0.2) is 158 Å². The van der Waals surface area contributed by atoms with Crippen LogP contribution >= 0.6 is 0 Å². The number of nitrogens with zero attached hydrogens (tertiary/aromatic N) is 4. The largest absolute Gasteiger partial charge is 0.310 e. The minimum absolute atomic E-state index is 0.336. The fourth-order valence-electron chi connectivity index (χ4n) is 8.06. The van der Waals surface area contributed by atoms with E-state index in [2.05, 4.69) is 128 Å². The van der Waals surface area contributed by atoms with Gasteiger partial charge in [0.05, 0.1) is 23.5 Å². The van der Waals surface area contributed by atoms with Crippen molar-refractivity contribution in [3.05, 3.63) is 197 Å². The lowest BCUT2D eigenvalue weighted by atomic mass is 9.59. The highest BCUT2D eigenvalue weighted by molar-refractivity contribution is 5.96. The molecule has 1 heterocycles. The van der Waals surface area contributed by atoms with Crippen LogP contribution in [0.5, 0.6) is 0 Å². The van der Waals surface area contributed by atoms with Gasteiger partial charge < -0.3 is 4.90 Å². The highest BCUT2D eigenvalue weighted by Gasteiger charge is 2.42. The molecule has 0 atom stereocenters. The maximum absolute atomic E-state index is 10.8. The van der Waals surface area contributed by atoms with Crippen LogP contribution in [0.4, 0.5) is 22.7 Å². The van der Waals surface area contributed by atoms with Crippen LogP contribution in [0.25, 0.3) is 38.5 Å². The summed E-state index contributed by atoms with van der Waals surface area (Å²) < 4.78 is 0. The summed E-state index contributed by atoms with van der Waals surface area (Å²) in [6.07, 6.45) is 0. The Morgan fingerprint density at radius 2 is 1.00 bits per heavy atom. The van der Waals surface area contributed by atoms with Crippen LogP contribution in [0.1, 0.15) is 55.5 Å². The highest BCUT2D eigenvalue weighted by Crippen LogP contribution is 2.53. The second-order valence-corrected chi connectivity index (χ2v) is 14.6. The molecule has 254 valence electrons. The summed E-state index contributed by atoms with van der Waals surface area (Å²) in [5.74, 6) is 0. The van der Waals surface area contributed by atoms with Crippen molar-refractivity contribution in [1.29, 1.82) is 5.26 Å². The minimum atomic E-state index is -0.373. The Labute approximate surface area is 312 Å². The number of aromatic nitrogens is 1. The molecule has 0 N–H and O–H groups in total. The molecule has 4 heteroatoms. The average Bonchev–Trinajstić information content (AvgIpc) is 3.21. The van der Waals surface area contributed by atoms with Gasteiger partial charge in [-0.1, -0.05) is 149 Å². The van der Waals surface area contributed by atoms with Gasteiger partial charge in [-0.05, 0) is 69.8 Å². The number of nitriles is 1. The maximum Gasteiger partial charge on any atom is 0.221 e. The summed E-state index contributed by atoms with van der Waals surface area (Å²) in [7, 11) is 0. The smallest absolute Gasteiger partial charge is 0.221 e. The molecule has 0 aliphatic heterocycles. The molecule has 1 aliphatic carbocycles. The van der Waals surface area contributed by atoms with E-state index in [0.29, 0.717) is 28.2 Å². The Bertz CT molecular complexity index is 2440. The number of anilines is 3. The Kier molecular flexibility index (Phi) is 8.25. The first kappa shape index (κ1) is 33.4. The zero-order valence-corrected chi connectivity index (χ0v) is 30.3. The predicted molar refractivity (Wildman–Crippen MR) is 217 cm³/mol. The summed E-state index contributed by atoms with van der Waals surface area (Å²) in [5.41, 5.74) is 12.6. The molecule has 53 heavy (non-hydrogen) atoms. The van der Waals surface area contributed by atoms with Gasteiger partial charge in [-0.2, -0.15) is 5.26 Å². The molecule has 0 unspecified atom stereocenters. The second kappa shape index (κ2) is 13.1. The molecule has 0 amide bonds. The van der Waals surface area contributed by atoms with Gasteiger partial charge in [0.2, 0.25) is 5.69 Å². The number of hydrogen-bond donors (Lipinski definition) is 0. The monoisotopic (exact) mass is 682 g/mol. The van der Waals surface area contributed by atoms with Crippen LogP contribution in [0.2, 0.25) is 0 Å². The molecule has 7 aromatic rings. The van der Waals surface area contributed by atoms with Crippen molar-refractivity contribution in [1.82, 2.24) is 4.98 Å². The lowest BCUT2D eigenvalue weighted by Crippen LogP contribution is -2.36. The molecular weight excluding hydrogens is 645 g/mol. The molecule has 1 aromatic heterocycles. The van der Waals surface area contributed by atoms with Gasteiger partial charge in [0, 0.05) is 39.0 Å². The van der Waals surface area contributed by atoms with E-state index in [4.69, 9.17) is 11.6 Å². The molecule has 8 rings (SSSR count). The number of pyridine rings is 1. The van der Waals surface area contributed by atoms with E-state index >= 15 is 0 Å². The van der Waals surface area contributed by atoms with Crippen LogP contribution in [0.3, 0.4) is 0 Å². The van der Waals surface area contributed by atoms with E-state index in [9.17, 15) is 5.26 Å². The van der Waals surface area contributed by atoms with Gasteiger partial charge in [0.15, 0.2) is 0 Å². The quantitative estimate of drug-likeness (QED) is 0.164. The van der Waals surface area contributed by atoms with E-state index in [1.54, 1.807) is 0 Å². The Morgan fingerprint density at radius 3 is 1.51 bits per heavy atom. The number of para-hydroxylation sites is 2. The number of benzene rings is 6. The minimum Gasteiger partial charge on any atom is -0.310 e. The van der Waals surface area contributed by atoms with E-state index in [-0.39, 0.29) is 10.8 Å².